The van der Waals surface area contributed by atoms with Crippen molar-refractivity contribution in [3.8, 4) is 0 Å². The highest BCUT2D eigenvalue weighted by Crippen LogP contribution is 2.08. The predicted octanol–water partition coefficient (Wildman–Crippen LogP) is 3.16. The summed E-state index contributed by atoms with van der Waals surface area (Å²) in [6.07, 6.45) is 3.86. The molecule has 0 aromatic carbocycles. The normalized spacial score (nSPS) is 10.4. The van der Waals surface area contributed by atoms with Gasteiger partial charge in [-0.15, -0.1) is 11.8 Å². The number of carbonyl (C=O) groups excluding carboxylic acids is 4. The monoisotopic (exact) mass is 314 g/mol. The number of carbonyl (C=O) groups is 4. The highest BCUT2D eigenvalue weighted by Gasteiger charge is 2.10. The largest absolute Gasteiger partial charge is 0.300 e. The molecule has 0 aromatic rings. The molecule has 0 aliphatic carbocycles. The van der Waals surface area contributed by atoms with Crippen LogP contribution in [0.25, 0.3) is 0 Å². The van der Waals surface area contributed by atoms with E-state index in [1.165, 1.54) is 11.8 Å². The molecule has 0 fully saturated rings. The van der Waals surface area contributed by atoms with Gasteiger partial charge in [-0.05, 0) is 12.8 Å². The van der Waals surface area contributed by atoms with E-state index in [0.29, 0.717) is 25.7 Å². The van der Waals surface area contributed by atoms with E-state index in [1.807, 2.05) is 13.8 Å². The standard InChI is InChI=1S/C16H26O4S/c1-3-5-13(17)7-9-15(19)11-21-12-16(20)10-8-14(18)6-4-2/h3-12H2,1-2H3. The van der Waals surface area contributed by atoms with Crippen molar-refractivity contribution in [3.63, 3.8) is 0 Å². The molecule has 0 aliphatic rings. The fourth-order valence-electron chi connectivity index (χ4n) is 1.79. The zero-order valence-corrected chi connectivity index (χ0v) is 13.9. The first-order valence-electron chi connectivity index (χ1n) is 7.64. The van der Waals surface area contributed by atoms with Gasteiger partial charge in [0.15, 0.2) is 0 Å². The summed E-state index contributed by atoms with van der Waals surface area (Å²) in [7, 11) is 0. The van der Waals surface area contributed by atoms with Crippen molar-refractivity contribution in [3.05, 3.63) is 0 Å². The topological polar surface area (TPSA) is 68.3 Å². The van der Waals surface area contributed by atoms with Gasteiger partial charge in [-0.25, -0.2) is 0 Å². The van der Waals surface area contributed by atoms with Crippen LogP contribution < -0.4 is 0 Å². The first kappa shape index (κ1) is 20.0. The molecule has 0 amide bonds. The summed E-state index contributed by atoms with van der Waals surface area (Å²) in [5.74, 6) is 0.823. The van der Waals surface area contributed by atoms with Crippen LogP contribution in [-0.2, 0) is 19.2 Å². The second kappa shape index (κ2) is 12.7. The van der Waals surface area contributed by atoms with Crippen molar-refractivity contribution in [1.29, 1.82) is 0 Å². The summed E-state index contributed by atoms with van der Waals surface area (Å²) in [5, 5.41) is 0. The van der Waals surface area contributed by atoms with Crippen LogP contribution in [0.4, 0.5) is 0 Å². The Morgan fingerprint density at radius 1 is 0.571 bits per heavy atom. The molecule has 4 nitrogen and oxygen atoms in total. The minimum Gasteiger partial charge on any atom is -0.300 e. The number of hydrogen-bond acceptors (Lipinski definition) is 5. The molecular weight excluding hydrogens is 288 g/mol. The number of ketones is 4. The fourth-order valence-corrected chi connectivity index (χ4v) is 2.63. The summed E-state index contributed by atoms with van der Waals surface area (Å²) in [6, 6.07) is 0. The third-order valence-electron chi connectivity index (χ3n) is 2.95. The molecule has 0 radical (unpaired) electrons. The molecule has 0 unspecified atom stereocenters. The van der Waals surface area contributed by atoms with Crippen molar-refractivity contribution in [2.75, 3.05) is 11.5 Å². The molecule has 0 spiro atoms. The molecule has 0 saturated heterocycles. The van der Waals surface area contributed by atoms with Gasteiger partial charge in [0, 0.05) is 38.5 Å². The van der Waals surface area contributed by atoms with Gasteiger partial charge in [-0.3, -0.25) is 19.2 Å². The van der Waals surface area contributed by atoms with E-state index in [9.17, 15) is 19.2 Å². The van der Waals surface area contributed by atoms with Crippen LogP contribution in [0.15, 0.2) is 0 Å². The molecule has 0 rings (SSSR count). The molecule has 0 N–H and O–H groups in total. The van der Waals surface area contributed by atoms with E-state index in [4.69, 9.17) is 0 Å². The maximum Gasteiger partial charge on any atom is 0.143 e. The lowest BCUT2D eigenvalue weighted by Crippen LogP contribution is -2.10. The summed E-state index contributed by atoms with van der Waals surface area (Å²) in [6.45, 7) is 3.87. The van der Waals surface area contributed by atoms with Gasteiger partial charge in [0.25, 0.3) is 0 Å². The fraction of sp³-hybridized carbons (Fsp3) is 0.750. The Balaban J connectivity index is 3.64. The number of hydrogen-bond donors (Lipinski definition) is 0. The molecule has 0 heterocycles. The minimum atomic E-state index is 0.0133. The molecule has 5 heteroatoms. The van der Waals surface area contributed by atoms with E-state index >= 15 is 0 Å². The predicted molar refractivity (Wildman–Crippen MR) is 85.6 cm³/mol. The second-order valence-electron chi connectivity index (χ2n) is 5.15. The average molecular weight is 314 g/mol. The zero-order chi connectivity index (χ0) is 16.1. The maximum atomic E-state index is 11.5. The second-order valence-corrected chi connectivity index (χ2v) is 6.13. The Morgan fingerprint density at radius 2 is 0.905 bits per heavy atom. The lowest BCUT2D eigenvalue weighted by Gasteiger charge is -2.02. The van der Waals surface area contributed by atoms with Crippen LogP contribution in [-0.4, -0.2) is 34.6 Å². The highest BCUT2D eigenvalue weighted by molar-refractivity contribution is 8.00. The van der Waals surface area contributed by atoms with Crippen LogP contribution in [0, 0.1) is 0 Å². The van der Waals surface area contributed by atoms with E-state index in [-0.39, 0.29) is 47.5 Å². The third-order valence-corrected chi connectivity index (χ3v) is 4.00. The van der Waals surface area contributed by atoms with E-state index in [2.05, 4.69) is 0 Å². The molecule has 0 aliphatic heterocycles. The Bertz CT molecular complexity index is 329. The molecule has 0 aromatic heterocycles. The van der Waals surface area contributed by atoms with Gasteiger partial charge in [0.1, 0.15) is 23.1 Å². The molecule has 0 atom stereocenters. The SMILES string of the molecule is CCCC(=O)CCC(=O)CSCC(=O)CCC(=O)CCC. The summed E-state index contributed by atoms with van der Waals surface area (Å²) in [4.78, 5) is 45.7. The third kappa shape index (κ3) is 12.5. The summed E-state index contributed by atoms with van der Waals surface area (Å²) < 4.78 is 0. The molecular formula is C16H26O4S. The van der Waals surface area contributed by atoms with E-state index in [0.717, 1.165) is 12.8 Å². The van der Waals surface area contributed by atoms with Gasteiger partial charge in [0.2, 0.25) is 0 Å². The lowest BCUT2D eigenvalue weighted by molar-refractivity contribution is -0.123. The van der Waals surface area contributed by atoms with Gasteiger partial charge in [0.05, 0.1) is 11.5 Å². The van der Waals surface area contributed by atoms with Crippen molar-refractivity contribution >= 4 is 34.9 Å². The zero-order valence-electron chi connectivity index (χ0n) is 13.1. The Kier molecular flexibility index (Phi) is 12.2. The van der Waals surface area contributed by atoms with Gasteiger partial charge < -0.3 is 0 Å². The Hall–Kier alpha value is -0.970. The Morgan fingerprint density at radius 3 is 1.24 bits per heavy atom. The maximum absolute atomic E-state index is 11.5. The molecule has 0 saturated carbocycles. The summed E-state index contributed by atoms with van der Waals surface area (Å²) in [5.41, 5.74) is 0. The van der Waals surface area contributed by atoms with Crippen molar-refractivity contribution in [1.82, 2.24) is 0 Å². The number of Topliss-reactive ketones (excluding diaryl/α,β-unsaturated/α-hetero) is 4. The molecule has 0 bridgehead atoms. The molecule has 21 heavy (non-hydrogen) atoms. The smallest absolute Gasteiger partial charge is 0.143 e. The van der Waals surface area contributed by atoms with Crippen molar-refractivity contribution < 1.29 is 19.2 Å². The quantitative estimate of drug-likeness (QED) is 0.492. The van der Waals surface area contributed by atoms with Crippen LogP contribution >= 0.6 is 11.8 Å². The number of rotatable bonds is 14. The summed E-state index contributed by atoms with van der Waals surface area (Å²) >= 11 is 1.28. The van der Waals surface area contributed by atoms with Crippen LogP contribution in [0.1, 0.15) is 65.2 Å². The van der Waals surface area contributed by atoms with Crippen LogP contribution in [0.2, 0.25) is 0 Å². The average Bonchev–Trinajstić information content (AvgIpc) is 2.43. The van der Waals surface area contributed by atoms with Crippen LogP contribution in [0.3, 0.4) is 0 Å². The van der Waals surface area contributed by atoms with Gasteiger partial charge in [-0.2, -0.15) is 0 Å². The Labute approximate surface area is 131 Å². The van der Waals surface area contributed by atoms with E-state index in [1.54, 1.807) is 0 Å². The highest BCUT2D eigenvalue weighted by atomic mass is 32.2. The lowest BCUT2D eigenvalue weighted by atomic mass is 10.1. The van der Waals surface area contributed by atoms with Crippen molar-refractivity contribution in [2.45, 2.75) is 65.2 Å². The number of thioether (sulfide) groups is 1. The van der Waals surface area contributed by atoms with Crippen LogP contribution in [0.5, 0.6) is 0 Å². The van der Waals surface area contributed by atoms with Gasteiger partial charge >= 0.3 is 0 Å². The van der Waals surface area contributed by atoms with Gasteiger partial charge in [-0.1, -0.05) is 13.8 Å². The molecule has 120 valence electrons. The van der Waals surface area contributed by atoms with E-state index < -0.39 is 0 Å². The van der Waals surface area contributed by atoms with Crippen molar-refractivity contribution in [2.24, 2.45) is 0 Å². The first-order valence-corrected chi connectivity index (χ1v) is 8.79. The first-order chi connectivity index (χ1) is 9.99. The minimum absolute atomic E-state index is 0.0133.